The van der Waals surface area contributed by atoms with Gasteiger partial charge in [0, 0.05) is 67.2 Å². The second-order valence-corrected chi connectivity index (χ2v) is 7.08. The zero-order valence-electron chi connectivity index (χ0n) is 14.0. The molecule has 0 saturated heterocycles. The second kappa shape index (κ2) is 5.80. The normalized spacial score (nSPS) is 15.8. The number of rotatable bonds is 3. The van der Waals surface area contributed by atoms with E-state index in [-0.39, 0.29) is 5.41 Å². The van der Waals surface area contributed by atoms with Crippen molar-refractivity contribution in [3.63, 3.8) is 0 Å². The Kier molecular flexibility index (Phi) is 4.00. The Morgan fingerprint density at radius 2 is 2.05 bits per heavy atom. The summed E-state index contributed by atoms with van der Waals surface area (Å²) in [4.78, 5) is 11.8. The van der Waals surface area contributed by atoms with Crippen molar-refractivity contribution in [2.24, 2.45) is 0 Å². The lowest BCUT2D eigenvalue weighted by atomic mass is 9.95. The van der Waals surface area contributed by atoms with E-state index in [1.807, 2.05) is 17.1 Å². The first-order chi connectivity index (χ1) is 10.5. The van der Waals surface area contributed by atoms with Gasteiger partial charge in [0.1, 0.15) is 5.82 Å². The summed E-state index contributed by atoms with van der Waals surface area (Å²) in [6.07, 6.45) is 7.13. The molecule has 2 aromatic heterocycles. The highest BCUT2D eigenvalue weighted by Gasteiger charge is 2.23. The number of aromatic nitrogens is 4. The zero-order valence-corrected chi connectivity index (χ0v) is 14.0. The first-order valence-corrected chi connectivity index (χ1v) is 8.04. The van der Waals surface area contributed by atoms with Gasteiger partial charge in [-0.25, -0.2) is 9.97 Å². The Labute approximate surface area is 132 Å². The van der Waals surface area contributed by atoms with Gasteiger partial charge in [-0.1, -0.05) is 20.8 Å². The minimum Gasteiger partial charge on any atom is -0.294 e. The van der Waals surface area contributed by atoms with Gasteiger partial charge < -0.3 is 0 Å². The zero-order chi connectivity index (χ0) is 15.7. The Bertz CT molecular complexity index is 653. The van der Waals surface area contributed by atoms with Crippen molar-refractivity contribution in [3.05, 3.63) is 41.2 Å². The van der Waals surface area contributed by atoms with Gasteiger partial charge in [-0.3, -0.25) is 9.58 Å². The Morgan fingerprint density at radius 1 is 1.23 bits per heavy atom. The fourth-order valence-corrected chi connectivity index (χ4v) is 2.79. The van der Waals surface area contributed by atoms with Crippen molar-refractivity contribution in [1.29, 1.82) is 0 Å². The van der Waals surface area contributed by atoms with E-state index in [4.69, 9.17) is 4.98 Å². The number of nitrogens with zero attached hydrogens (tertiary/aromatic N) is 5. The summed E-state index contributed by atoms with van der Waals surface area (Å²) in [7, 11) is 0. The minimum absolute atomic E-state index is 0.0148. The van der Waals surface area contributed by atoms with Gasteiger partial charge in [0.05, 0.1) is 6.20 Å². The third-order valence-corrected chi connectivity index (χ3v) is 4.10. The van der Waals surface area contributed by atoms with E-state index in [9.17, 15) is 0 Å². The monoisotopic (exact) mass is 299 g/mol. The van der Waals surface area contributed by atoms with Crippen molar-refractivity contribution < 1.29 is 0 Å². The molecule has 118 valence electrons. The van der Waals surface area contributed by atoms with Gasteiger partial charge in [-0.2, -0.15) is 5.10 Å². The number of hydrogen-bond acceptors (Lipinski definition) is 4. The van der Waals surface area contributed by atoms with Crippen LogP contribution in [0.15, 0.2) is 18.6 Å². The molecule has 0 radical (unpaired) electrons. The van der Waals surface area contributed by atoms with Gasteiger partial charge in [-0.05, 0) is 6.92 Å². The molecule has 0 atom stereocenters. The maximum absolute atomic E-state index is 4.79. The summed E-state index contributed by atoms with van der Waals surface area (Å²) in [5.74, 6) is 0.948. The van der Waals surface area contributed by atoms with Gasteiger partial charge in [-0.15, -0.1) is 0 Å². The summed E-state index contributed by atoms with van der Waals surface area (Å²) in [5, 5.41) is 4.35. The smallest absolute Gasteiger partial charge is 0.133 e. The molecular weight excluding hydrogens is 274 g/mol. The highest BCUT2D eigenvalue weighted by molar-refractivity contribution is 5.22. The van der Waals surface area contributed by atoms with Crippen LogP contribution in [0.25, 0.3) is 0 Å². The van der Waals surface area contributed by atoms with Crippen LogP contribution in [0.5, 0.6) is 0 Å². The summed E-state index contributed by atoms with van der Waals surface area (Å²) < 4.78 is 1.98. The predicted molar refractivity (Wildman–Crippen MR) is 86.5 cm³/mol. The summed E-state index contributed by atoms with van der Waals surface area (Å²) in [6, 6.07) is 0. The molecule has 1 aliphatic heterocycles. The topological polar surface area (TPSA) is 46.8 Å². The third kappa shape index (κ3) is 3.19. The molecule has 3 rings (SSSR count). The second-order valence-electron chi connectivity index (χ2n) is 7.08. The molecule has 5 heteroatoms. The van der Waals surface area contributed by atoms with Gasteiger partial charge in [0.15, 0.2) is 0 Å². The lowest BCUT2D eigenvalue weighted by molar-refractivity contribution is 0.242. The molecule has 0 bridgehead atoms. The van der Waals surface area contributed by atoms with E-state index in [1.165, 1.54) is 16.8 Å². The number of fused-ring (bicyclic) bond motifs is 1. The molecule has 0 unspecified atom stereocenters. The van der Waals surface area contributed by atoms with Gasteiger partial charge in [0.2, 0.25) is 0 Å². The first-order valence-electron chi connectivity index (χ1n) is 8.04. The molecule has 0 fully saturated rings. The van der Waals surface area contributed by atoms with E-state index >= 15 is 0 Å². The highest BCUT2D eigenvalue weighted by atomic mass is 15.3. The molecule has 0 aliphatic carbocycles. The van der Waals surface area contributed by atoms with Crippen LogP contribution in [-0.4, -0.2) is 31.2 Å². The summed E-state index contributed by atoms with van der Waals surface area (Å²) in [6.45, 7) is 12.4. The summed E-state index contributed by atoms with van der Waals surface area (Å²) in [5.41, 5.74) is 3.78. The lowest BCUT2D eigenvalue weighted by Crippen LogP contribution is -2.31. The SMILES string of the molecule is CCn1cc(CN2CCc3nc(C(C)(C)C)ncc3C2)cn1. The van der Waals surface area contributed by atoms with Crippen LogP contribution < -0.4 is 0 Å². The molecule has 5 nitrogen and oxygen atoms in total. The molecule has 0 aromatic carbocycles. The van der Waals surface area contributed by atoms with E-state index in [0.717, 1.165) is 38.4 Å². The standard InChI is InChI=1S/C17H25N5/c1-5-22-11-13(8-19-22)10-21-7-6-15-14(12-21)9-18-16(20-15)17(2,3)4/h8-9,11H,5-7,10,12H2,1-4H3. The van der Waals surface area contributed by atoms with E-state index in [2.05, 4.69) is 48.9 Å². The molecule has 2 aromatic rings. The van der Waals surface area contributed by atoms with Gasteiger partial charge in [0.25, 0.3) is 0 Å². The Balaban J connectivity index is 1.71. The van der Waals surface area contributed by atoms with Crippen LogP contribution in [0.3, 0.4) is 0 Å². The fraction of sp³-hybridized carbons (Fsp3) is 0.588. The van der Waals surface area contributed by atoms with Crippen molar-refractivity contribution in [3.8, 4) is 0 Å². The average Bonchev–Trinajstić information content (AvgIpc) is 2.93. The number of aryl methyl sites for hydroxylation is 1. The fourth-order valence-electron chi connectivity index (χ4n) is 2.79. The molecule has 0 amide bonds. The third-order valence-electron chi connectivity index (χ3n) is 4.10. The van der Waals surface area contributed by atoms with Crippen molar-refractivity contribution in [1.82, 2.24) is 24.6 Å². The maximum Gasteiger partial charge on any atom is 0.133 e. The molecule has 3 heterocycles. The predicted octanol–water partition coefficient (Wildman–Crippen LogP) is 2.55. The average molecular weight is 299 g/mol. The lowest BCUT2D eigenvalue weighted by Gasteiger charge is -2.28. The van der Waals surface area contributed by atoms with Crippen LogP contribution in [0.4, 0.5) is 0 Å². The van der Waals surface area contributed by atoms with Crippen molar-refractivity contribution in [2.45, 2.75) is 59.2 Å². The van der Waals surface area contributed by atoms with Crippen LogP contribution in [0, 0.1) is 0 Å². The summed E-state index contributed by atoms with van der Waals surface area (Å²) >= 11 is 0. The quantitative estimate of drug-likeness (QED) is 0.874. The maximum atomic E-state index is 4.79. The van der Waals surface area contributed by atoms with E-state index in [0.29, 0.717) is 0 Å². The van der Waals surface area contributed by atoms with Crippen LogP contribution in [0.1, 0.15) is 50.3 Å². The molecule has 0 saturated carbocycles. The largest absolute Gasteiger partial charge is 0.294 e. The minimum atomic E-state index is 0.0148. The number of hydrogen-bond donors (Lipinski definition) is 0. The Morgan fingerprint density at radius 3 is 2.73 bits per heavy atom. The van der Waals surface area contributed by atoms with Crippen LogP contribution >= 0.6 is 0 Å². The van der Waals surface area contributed by atoms with Crippen LogP contribution in [-0.2, 0) is 31.5 Å². The van der Waals surface area contributed by atoms with Crippen molar-refractivity contribution >= 4 is 0 Å². The molecule has 0 N–H and O–H groups in total. The Hall–Kier alpha value is -1.75. The van der Waals surface area contributed by atoms with Crippen molar-refractivity contribution in [2.75, 3.05) is 6.54 Å². The molecule has 1 aliphatic rings. The van der Waals surface area contributed by atoms with Gasteiger partial charge >= 0.3 is 0 Å². The highest BCUT2D eigenvalue weighted by Crippen LogP contribution is 2.23. The van der Waals surface area contributed by atoms with E-state index in [1.54, 1.807) is 0 Å². The van der Waals surface area contributed by atoms with E-state index < -0.39 is 0 Å². The first kappa shape index (κ1) is 15.2. The van der Waals surface area contributed by atoms with Crippen LogP contribution in [0.2, 0.25) is 0 Å². The molecule has 0 spiro atoms. The molecular formula is C17H25N5. The molecule has 22 heavy (non-hydrogen) atoms.